The Labute approximate surface area is 106 Å². The van der Waals surface area contributed by atoms with Crippen molar-refractivity contribution in [3.8, 4) is 11.5 Å². The fraction of sp³-hybridized carbons (Fsp3) is 0.462. The first kappa shape index (κ1) is 14.3. The average Bonchev–Trinajstić information content (AvgIpc) is 2.34. The molecule has 0 aliphatic carbocycles. The average molecular weight is 254 g/mol. The third kappa shape index (κ3) is 4.25. The van der Waals surface area contributed by atoms with E-state index in [1.54, 1.807) is 32.0 Å². The standard InChI is InChI=1S/C13H18O5/c1-13(2,15)8-18-11-6-9(12(14)17-4)5-10(7-11)16-3/h5-7,15H,8H2,1-4H3. The molecule has 0 aliphatic rings. The van der Waals surface area contributed by atoms with Crippen LogP contribution in [0, 0.1) is 0 Å². The first-order chi connectivity index (χ1) is 8.35. The number of rotatable bonds is 5. The van der Waals surface area contributed by atoms with Crippen LogP contribution < -0.4 is 9.47 Å². The molecule has 0 aliphatic heterocycles. The van der Waals surface area contributed by atoms with Crippen LogP contribution in [0.5, 0.6) is 11.5 Å². The summed E-state index contributed by atoms with van der Waals surface area (Å²) in [5.41, 5.74) is -0.614. The lowest BCUT2D eigenvalue weighted by Crippen LogP contribution is -2.27. The predicted octanol–water partition coefficient (Wildman–Crippen LogP) is 1.63. The van der Waals surface area contributed by atoms with Gasteiger partial charge < -0.3 is 19.3 Å². The maximum Gasteiger partial charge on any atom is 0.338 e. The number of carbonyl (C=O) groups is 1. The molecule has 0 bridgehead atoms. The topological polar surface area (TPSA) is 65.0 Å². The van der Waals surface area contributed by atoms with Gasteiger partial charge in [0.15, 0.2) is 0 Å². The van der Waals surface area contributed by atoms with Crippen molar-refractivity contribution in [2.45, 2.75) is 19.4 Å². The predicted molar refractivity (Wildman–Crippen MR) is 66.1 cm³/mol. The maximum atomic E-state index is 11.5. The van der Waals surface area contributed by atoms with Gasteiger partial charge in [0.2, 0.25) is 0 Å². The van der Waals surface area contributed by atoms with Gasteiger partial charge in [-0.1, -0.05) is 0 Å². The molecule has 18 heavy (non-hydrogen) atoms. The molecule has 0 atom stereocenters. The van der Waals surface area contributed by atoms with E-state index in [9.17, 15) is 9.90 Å². The molecule has 5 nitrogen and oxygen atoms in total. The number of carbonyl (C=O) groups excluding carboxylic acids is 1. The fourth-order valence-electron chi connectivity index (χ4n) is 1.27. The highest BCUT2D eigenvalue weighted by molar-refractivity contribution is 5.90. The second-order valence-corrected chi connectivity index (χ2v) is 4.49. The van der Waals surface area contributed by atoms with Crippen molar-refractivity contribution < 1.29 is 24.1 Å². The Bertz CT molecular complexity index is 420. The van der Waals surface area contributed by atoms with Crippen LogP contribution in [0.3, 0.4) is 0 Å². The van der Waals surface area contributed by atoms with Gasteiger partial charge >= 0.3 is 5.97 Å². The molecule has 1 N–H and O–H groups in total. The molecule has 0 saturated heterocycles. The fourth-order valence-corrected chi connectivity index (χ4v) is 1.27. The maximum absolute atomic E-state index is 11.5. The molecule has 0 amide bonds. The normalized spacial score (nSPS) is 10.9. The highest BCUT2D eigenvalue weighted by atomic mass is 16.5. The van der Waals surface area contributed by atoms with Crippen LogP contribution in [0.25, 0.3) is 0 Å². The van der Waals surface area contributed by atoms with Crippen molar-refractivity contribution in [2.75, 3.05) is 20.8 Å². The van der Waals surface area contributed by atoms with E-state index in [1.165, 1.54) is 14.2 Å². The van der Waals surface area contributed by atoms with Gasteiger partial charge in [-0.05, 0) is 26.0 Å². The summed E-state index contributed by atoms with van der Waals surface area (Å²) in [4.78, 5) is 11.5. The molecule has 0 saturated carbocycles. The molecule has 0 aromatic heterocycles. The second kappa shape index (κ2) is 5.73. The van der Waals surface area contributed by atoms with Crippen molar-refractivity contribution in [1.82, 2.24) is 0 Å². The molecule has 0 heterocycles. The van der Waals surface area contributed by atoms with Crippen molar-refractivity contribution >= 4 is 5.97 Å². The molecule has 5 heteroatoms. The van der Waals surface area contributed by atoms with Crippen LogP contribution in [-0.4, -0.2) is 37.5 Å². The highest BCUT2D eigenvalue weighted by Crippen LogP contribution is 2.24. The van der Waals surface area contributed by atoms with Crippen LogP contribution in [0.4, 0.5) is 0 Å². The van der Waals surface area contributed by atoms with E-state index in [0.29, 0.717) is 17.1 Å². The minimum atomic E-state index is -0.950. The third-order valence-electron chi connectivity index (χ3n) is 2.13. The van der Waals surface area contributed by atoms with Crippen molar-refractivity contribution in [1.29, 1.82) is 0 Å². The summed E-state index contributed by atoms with van der Waals surface area (Å²) in [6.07, 6.45) is 0. The molecule has 1 rings (SSSR count). The Morgan fingerprint density at radius 2 is 1.83 bits per heavy atom. The first-order valence-electron chi connectivity index (χ1n) is 5.48. The summed E-state index contributed by atoms with van der Waals surface area (Å²) < 4.78 is 15.1. The molecule has 100 valence electrons. The van der Waals surface area contributed by atoms with Crippen molar-refractivity contribution in [3.63, 3.8) is 0 Å². The van der Waals surface area contributed by atoms with Crippen molar-refractivity contribution in [3.05, 3.63) is 23.8 Å². The Balaban J connectivity index is 2.94. The van der Waals surface area contributed by atoms with Gasteiger partial charge in [-0.15, -0.1) is 0 Å². The molecule has 0 unspecified atom stereocenters. The SMILES string of the molecule is COC(=O)c1cc(OC)cc(OCC(C)(C)O)c1. The molecular formula is C13H18O5. The van der Waals surface area contributed by atoms with Gasteiger partial charge in [-0.3, -0.25) is 0 Å². The third-order valence-corrected chi connectivity index (χ3v) is 2.13. The van der Waals surface area contributed by atoms with Crippen LogP contribution in [0.1, 0.15) is 24.2 Å². The summed E-state index contributed by atoms with van der Waals surface area (Å²) in [6, 6.07) is 4.74. The number of aliphatic hydroxyl groups is 1. The number of hydrogen-bond donors (Lipinski definition) is 1. The van der Waals surface area contributed by atoms with Crippen LogP contribution in [0.2, 0.25) is 0 Å². The van der Waals surface area contributed by atoms with E-state index in [4.69, 9.17) is 9.47 Å². The van der Waals surface area contributed by atoms with Gasteiger partial charge in [0, 0.05) is 6.07 Å². The number of methoxy groups -OCH3 is 2. The second-order valence-electron chi connectivity index (χ2n) is 4.49. The molecule has 1 aromatic rings. The lowest BCUT2D eigenvalue weighted by atomic mass is 10.1. The van der Waals surface area contributed by atoms with E-state index < -0.39 is 11.6 Å². The molecule has 0 fully saturated rings. The zero-order chi connectivity index (χ0) is 13.8. The molecule has 0 radical (unpaired) electrons. The van der Waals surface area contributed by atoms with Crippen LogP contribution in [0.15, 0.2) is 18.2 Å². The Kier molecular flexibility index (Phi) is 4.55. The Hall–Kier alpha value is -1.75. The van der Waals surface area contributed by atoms with Crippen molar-refractivity contribution in [2.24, 2.45) is 0 Å². The van der Waals surface area contributed by atoms with E-state index in [2.05, 4.69) is 4.74 Å². The Morgan fingerprint density at radius 1 is 1.22 bits per heavy atom. The van der Waals surface area contributed by atoms with Gasteiger partial charge in [0.05, 0.1) is 25.4 Å². The number of hydrogen-bond acceptors (Lipinski definition) is 5. The monoisotopic (exact) mass is 254 g/mol. The first-order valence-corrected chi connectivity index (χ1v) is 5.48. The van der Waals surface area contributed by atoms with Gasteiger partial charge in [0.1, 0.15) is 18.1 Å². The largest absolute Gasteiger partial charge is 0.497 e. The van der Waals surface area contributed by atoms with Gasteiger partial charge in [-0.25, -0.2) is 4.79 Å². The molecule has 0 spiro atoms. The quantitative estimate of drug-likeness (QED) is 0.809. The molecule has 1 aromatic carbocycles. The van der Waals surface area contributed by atoms with Crippen LogP contribution >= 0.6 is 0 Å². The molecular weight excluding hydrogens is 236 g/mol. The van der Waals surface area contributed by atoms with E-state index in [-0.39, 0.29) is 6.61 Å². The Morgan fingerprint density at radius 3 is 2.33 bits per heavy atom. The summed E-state index contributed by atoms with van der Waals surface area (Å²) >= 11 is 0. The van der Waals surface area contributed by atoms with E-state index in [0.717, 1.165) is 0 Å². The van der Waals surface area contributed by atoms with Crippen LogP contribution in [-0.2, 0) is 4.74 Å². The summed E-state index contributed by atoms with van der Waals surface area (Å²) in [7, 11) is 2.80. The minimum absolute atomic E-state index is 0.112. The number of esters is 1. The number of benzene rings is 1. The summed E-state index contributed by atoms with van der Waals surface area (Å²) in [6.45, 7) is 3.38. The number of ether oxygens (including phenoxy) is 3. The van der Waals surface area contributed by atoms with E-state index >= 15 is 0 Å². The minimum Gasteiger partial charge on any atom is -0.497 e. The van der Waals surface area contributed by atoms with Gasteiger partial charge in [-0.2, -0.15) is 0 Å². The zero-order valence-corrected chi connectivity index (χ0v) is 11.0. The summed E-state index contributed by atoms with van der Waals surface area (Å²) in [5.74, 6) is 0.461. The zero-order valence-electron chi connectivity index (χ0n) is 11.0. The van der Waals surface area contributed by atoms with E-state index in [1.807, 2.05) is 0 Å². The smallest absolute Gasteiger partial charge is 0.338 e. The highest BCUT2D eigenvalue weighted by Gasteiger charge is 2.15. The van der Waals surface area contributed by atoms with Gasteiger partial charge in [0.25, 0.3) is 0 Å². The summed E-state index contributed by atoms with van der Waals surface area (Å²) in [5, 5.41) is 9.58. The lowest BCUT2D eigenvalue weighted by Gasteiger charge is -2.18. The lowest BCUT2D eigenvalue weighted by molar-refractivity contribution is 0.0283.